The summed E-state index contributed by atoms with van der Waals surface area (Å²) in [6.07, 6.45) is 13.0. The van der Waals surface area contributed by atoms with Gasteiger partial charge in [-0.05, 0) is 38.8 Å². The molecular weight excluding hydrogens is 194 g/mol. The predicted molar refractivity (Wildman–Crippen MR) is 72.8 cm³/mol. The van der Waals surface area contributed by atoms with Crippen molar-refractivity contribution in [3.05, 3.63) is 0 Å². The molecule has 0 heterocycles. The largest absolute Gasteiger partial charge is 0.303 e. The van der Waals surface area contributed by atoms with Crippen LogP contribution >= 0.6 is 0 Å². The zero-order chi connectivity index (χ0) is 11.8. The molecule has 16 heavy (non-hydrogen) atoms. The van der Waals surface area contributed by atoms with Gasteiger partial charge in [0.1, 0.15) is 0 Å². The summed E-state index contributed by atoms with van der Waals surface area (Å²) in [5, 5.41) is 0. The van der Waals surface area contributed by atoms with Crippen LogP contribution in [0.25, 0.3) is 0 Å². The Hall–Kier alpha value is -0.0400. The highest BCUT2D eigenvalue weighted by Gasteiger charge is 2.16. The molecule has 0 spiro atoms. The number of hydrogen-bond donors (Lipinski definition) is 0. The summed E-state index contributed by atoms with van der Waals surface area (Å²) < 4.78 is 0. The first-order valence-electron chi connectivity index (χ1n) is 7.40. The highest BCUT2D eigenvalue weighted by Crippen LogP contribution is 2.21. The zero-order valence-corrected chi connectivity index (χ0v) is 11.7. The molecule has 96 valence electrons. The molecule has 0 aromatic carbocycles. The van der Waals surface area contributed by atoms with Crippen LogP contribution in [0.15, 0.2) is 0 Å². The zero-order valence-electron chi connectivity index (χ0n) is 11.7. The van der Waals surface area contributed by atoms with E-state index in [-0.39, 0.29) is 0 Å². The molecule has 0 N–H and O–H groups in total. The van der Waals surface area contributed by atoms with E-state index < -0.39 is 0 Å². The van der Waals surface area contributed by atoms with Gasteiger partial charge in [-0.1, -0.05) is 52.4 Å². The minimum atomic E-state index is 0.878. The second kappa shape index (κ2) is 8.11. The van der Waals surface area contributed by atoms with Gasteiger partial charge < -0.3 is 4.90 Å². The third kappa shape index (κ3) is 5.89. The van der Waals surface area contributed by atoms with Gasteiger partial charge in [0.05, 0.1) is 0 Å². The van der Waals surface area contributed by atoms with Gasteiger partial charge in [0.25, 0.3) is 0 Å². The smallest absolute Gasteiger partial charge is 0.00922 e. The first-order valence-corrected chi connectivity index (χ1v) is 7.40. The third-order valence-electron chi connectivity index (χ3n) is 3.99. The van der Waals surface area contributed by atoms with Crippen LogP contribution in [0.2, 0.25) is 0 Å². The lowest BCUT2D eigenvalue weighted by atomic mass is 10.0. The average Bonchev–Trinajstić information content (AvgIpc) is 2.52. The van der Waals surface area contributed by atoms with E-state index in [1.165, 1.54) is 64.3 Å². The molecule has 1 aliphatic rings. The summed E-state index contributed by atoms with van der Waals surface area (Å²) in [4.78, 5) is 2.63. The molecule has 1 rings (SSSR count). The minimum absolute atomic E-state index is 0.878. The molecule has 0 aromatic rings. The molecule has 0 aliphatic heterocycles. The van der Waals surface area contributed by atoms with Crippen LogP contribution in [0.3, 0.4) is 0 Å². The summed E-state index contributed by atoms with van der Waals surface area (Å²) in [5.74, 6) is 0.878. The number of nitrogens with zero attached hydrogens (tertiary/aromatic N) is 1. The van der Waals surface area contributed by atoms with E-state index in [9.17, 15) is 0 Å². The fourth-order valence-electron chi connectivity index (χ4n) is 2.79. The Morgan fingerprint density at radius 3 is 2.19 bits per heavy atom. The van der Waals surface area contributed by atoms with Crippen molar-refractivity contribution in [3.8, 4) is 0 Å². The summed E-state index contributed by atoms with van der Waals surface area (Å²) in [5.41, 5.74) is 0. The van der Waals surface area contributed by atoms with E-state index in [0.717, 1.165) is 12.0 Å². The van der Waals surface area contributed by atoms with Crippen LogP contribution in [-0.2, 0) is 0 Å². The SMILES string of the molecule is CC(C)CCCCN(C)C1CCCCCC1. The Labute approximate surface area is 103 Å². The van der Waals surface area contributed by atoms with Crippen molar-refractivity contribution < 1.29 is 0 Å². The topological polar surface area (TPSA) is 3.24 Å². The predicted octanol–water partition coefficient (Wildman–Crippen LogP) is 4.47. The molecule has 0 radical (unpaired) electrons. The lowest BCUT2D eigenvalue weighted by Gasteiger charge is -2.27. The van der Waals surface area contributed by atoms with E-state index in [1.807, 2.05) is 0 Å². The van der Waals surface area contributed by atoms with Crippen LogP contribution in [0.5, 0.6) is 0 Å². The van der Waals surface area contributed by atoms with E-state index in [2.05, 4.69) is 25.8 Å². The number of rotatable bonds is 6. The molecule has 0 aromatic heterocycles. The van der Waals surface area contributed by atoms with Gasteiger partial charge in [0.2, 0.25) is 0 Å². The second-order valence-electron chi connectivity index (χ2n) is 6.02. The molecule has 0 bridgehead atoms. The highest BCUT2D eigenvalue weighted by atomic mass is 15.1. The van der Waals surface area contributed by atoms with Crippen molar-refractivity contribution in [2.45, 2.75) is 77.7 Å². The first kappa shape index (κ1) is 14.0. The molecule has 0 saturated heterocycles. The Morgan fingerprint density at radius 2 is 1.62 bits per heavy atom. The fourth-order valence-corrected chi connectivity index (χ4v) is 2.79. The molecule has 0 unspecified atom stereocenters. The van der Waals surface area contributed by atoms with Crippen molar-refractivity contribution in [2.75, 3.05) is 13.6 Å². The Balaban J connectivity index is 2.10. The van der Waals surface area contributed by atoms with Crippen molar-refractivity contribution in [1.29, 1.82) is 0 Å². The minimum Gasteiger partial charge on any atom is -0.303 e. The van der Waals surface area contributed by atoms with E-state index in [4.69, 9.17) is 0 Å². The van der Waals surface area contributed by atoms with Gasteiger partial charge in [-0.2, -0.15) is 0 Å². The maximum absolute atomic E-state index is 2.63. The maximum Gasteiger partial charge on any atom is 0.00922 e. The fraction of sp³-hybridized carbons (Fsp3) is 1.00. The molecule has 1 aliphatic carbocycles. The Morgan fingerprint density at radius 1 is 1.00 bits per heavy atom. The standard InChI is InChI=1S/C15H31N/c1-14(2)10-8-9-13-16(3)15-11-6-4-5-7-12-15/h14-15H,4-13H2,1-3H3. The van der Waals surface area contributed by atoms with Gasteiger partial charge in [0.15, 0.2) is 0 Å². The second-order valence-corrected chi connectivity index (χ2v) is 6.02. The van der Waals surface area contributed by atoms with Crippen molar-refractivity contribution in [3.63, 3.8) is 0 Å². The molecule has 1 heteroatoms. The molecule has 1 fully saturated rings. The van der Waals surface area contributed by atoms with Gasteiger partial charge in [-0.25, -0.2) is 0 Å². The van der Waals surface area contributed by atoms with Crippen molar-refractivity contribution in [2.24, 2.45) is 5.92 Å². The maximum atomic E-state index is 2.63. The van der Waals surface area contributed by atoms with E-state index >= 15 is 0 Å². The van der Waals surface area contributed by atoms with Crippen LogP contribution in [0.1, 0.15) is 71.6 Å². The molecular formula is C15H31N. The highest BCUT2D eigenvalue weighted by molar-refractivity contribution is 4.72. The monoisotopic (exact) mass is 225 g/mol. The lowest BCUT2D eigenvalue weighted by molar-refractivity contribution is 0.215. The van der Waals surface area contributed by atoms with Gasteiger partial charge in [0, 0.05) is 6.04 Å². The number of hydrogen-bond acceptors (Lipinski definition) is 1. The first-order chi connectivity index (χ1) is 7.70. The van der Waals surface area contributed by atoms with Crippen LogP contribution in [0.4, 0.5) is 0 Å². The van der Waals surface area contributed by atoms with Gasteiger partial charge in [-0.15, -0.1) is 0 Å². The van der Waals surface area contributed by atoms with E-state index in [1.54, 1.807) is 0 Å². The molecule has 0 atom stereocenters. The van der Waals surface area contributed by atoms with Crippen LogP contribution in [0, 0.1) is 5.92 Å². The average molecular weight is 225 g/mol. The van der Waals surface area contributed by atoms with Crippen molar-refractivity contribution >= 4 is 0 Å². The number of unbranched alkanes of at least 4 members (excludes halogenated alkanes) is 1. The van der Waals surface area contributed by atoms with E-state index in [0.29, 0.717) is 0 Å². The van der Waals surface area contributed by atoms with Crippen molar-refractivity contribution in [1.82, 2.24) is 4.90 Å². The summed E-state index contributed by atoms with van der Waals surface area (Å²) in [6, 6.07) is 0.890. The molecule has 0 amide bonds. The quantitative estimate of drug-likeness (QED) is 0.476. The van der Waals surface area contributed by atoms with Crippen LogP contribution in [-0.4, -0.2) is 24.5 Å². The van der Waals surface area contributed by atoms with Gasteiger partial charge in [-0.3, -0.25) is 0 Å². The Kier molecular flexibility index (Phi) is 7.11. The Bertz CT molecular complexity index is 157. The summed E-state index contributed by atoms with van der Waals surface area (Å²) >= 11 is 0. The van der Waals surface area contributed by atoms with Crippen LogP contribution < -0.4 is 0 Å². The lowest BCUT2D eigenvalue weighted by Crippen LogP contribution is -2.32. The normalized spacial score (nSPS) is 19.3. The summed E-state index contributed by atoms with van der Waals surface area (Å²) in [6.45, 7) is 5.97. The summed E-state index contributed by atoms with van der Waals surface area (Å²) in [7, 11) is 2.34. The van der Waals surface area contributed by atoms with Gasteiger partial charge >= 0.3 is 0 Å². The molecule has 1 nitrogen and oxygen atoms in total. The molecule has 1 saturated carbocycles. The third-order valence-corrected chi connectivity index (χ3v) is 3.99.